The monoisotopic (exact) mass is 223 g/mol. The van der Waals surface area contributed by atoms with E-state index in [1.54, 1.807) is 7.11 Å². The molecule has 0 aliphatic carbocycles. The highest BCUT2D eigenvalue weighted by molar-refractivity contribution is 5.27. The van der Waals surface area contributed by atoms with E-state index in [-0.39, 0.29) is 0 Å². The molecule has 3 nitrogen and oxygen atoms in total. The number of hydrogen-bond donors (Lipinski definition) is 1. The van der Waals surface area contributed by atoms with Gasteiger partial charge in [0.15, 0.2) is 0 Å². The van der Waals surface area contributed by atoms with Crippen LogP contribution in [0.2, 0.25) is 0 Å². The summed E-state index contributed by atoms with van der Waals surface area (Å²) in [6.07, 6.45) is 1.04. The van der Waals surface area contributed by atoms with Crippen LogP contribution in [0.3, 0.4) is 0 Å². The number of hydrogen-bond acceptors (Lipinski definition) is 3. The minimum Gasteiger partial charge on any atom is -0.491 e. The van der Waals surface area contributed by atoms with Crippen LogP contribution in [0.5, 0.6) is 5.75 Å². The summed E-state index contributed by atoms with van der Waals surface area (Å²) >= 11 is 0. The Kier molecular flexibility index (Phi) is 5.90. The van der Waals surface area contributed by atoms with E-state index in [1.807, 2.05) is 19.2 Å². The number of ether oxygens (including phenoxy) is 2. The fourth-order valence-corrected chi connectivity index (χ4v) is 1.42. The van der Waals surface area contributed by atoms with Gasteiger partial charge in [-0.3, -0.25) is 0 Å². The topological polar surface area (TPSA) is 30.5 Å². The molecule has 0 fully saturated rings. The Balaban J connectivity index is 2.41. The van der Waals surface area contributed by atoms with Crippen LogP contribution in [-0.4, -0.2) is 33.4 Å². The molecule has 1 aromatic carbocycles. The van der Waals surface area contributed by atoms with E-state index in [4.69, 9.17) is 9.47 Å². The van der Waals surface area contributed by atoms with Crippen LogP contribution in [0.4, 0.5) is 0 Å². The molecule has 1 aromatic rings. The van der Waals surface area contributed by atoms with Crippen molar-refractivity contribution in [2.45, 2.75) is 19.4 Å². The Morgan fingerprint density at radius 1 is 1.19 bits per heavy atom. The van der Waals surface area contributed by atoms with Crippen molar-refractivity contribution in [1.29, 1.82) is 0 Å². The molecule has 16 heavy (non-hydrogen) atoms. The summed E-state index contributed by atoms with van der Waals surface area (Å²) in [6.45, 7) is 3.39. The maximum Gasteiger partial charge on any atom is 0.119 e. The molecule has 0 aromatic heterocycles. The molecule has 0 radical (unpaired) electrons. The molecule has 0 aliphatic rings. The molecule has 1 atom stereocenters. The van der Waals surface area contributed by atoms with Crippen molar-refractivity contribution in [3.05, 3.63) is 29.8 Å². The smallest absolute Gasteiger partial charge is 0.119 e. The van der Waals surface area contributed by atoms with Gasteiger partial charge in [0, 0.05) is 13.2 Å². The molecule has 0 bridgehead atoms. The van der Waals surface area contributed by atoms with Gasteiger partial charge in [0.1, 0.15) is 12.4 Å². The first kappa shape index (κ1) is 13.0. The maximum atomic E-state index is 5.49. The van der Waals surface area contributed by atoms with Gasteiger partial charge < -0.3 is 14.8 Å². The third kappa shape index (κ3) is 4.64. The molecule has 1 unspecified atom stereocenters. The molecule has 0 spiro atoms. The van der Waals surface area contributed by atoms with Crippen molar-refractivity contribution in [2.75, 3.05) is 27.4 Å². The number of benzene rings is 1. The Bertz CT molecular complexity index is 284. The van der Waals surface area contributed by atoms with Crippen LogP contribution >= 0.6 is 0 Å². The summed E-state index contributed by atoms with van der Waals surface area (Å²) in [6, 6.07) is 8.73. The van der Waals surface area contributed by atoms with Crippen LogP contribution in [0.25, 0.3) is 0 Å². The van der Waals surface area contributed by atoms with Crippen LogP contribution in [-0.2, 0) is 11.2 Å². The van der Waals surface area contributed by atoms with Gasteiger partial charge in [-0.1, -0.05) is 12.1 Å². The Morgan fingerprint density at radius 2 is 1.88 bits per heavy atom. The fourth-order valence-electron chi connectivity index (χ4n) is 1.42. The maximum absolute atomic E-state index is 5.49. The first-order chi connectivity index (χ1) is 7.76. The van der Waals surface area contributed by atoms with Gasteiger partial charge in [-0.2, -0.15) is 0 Å². The number of rotatable bonds is 7. The molecule has 1 rings (SSSR count). The predicted octanol–water partition coefficient (Wildman–Crippen LogP) is 1.86. The van der Waals surface area contributed by atoms with Gasteiger partial charge in [0.2, 0.25) is 0 Å². The summed E-state index contributed by atoms with van der Waals surface area (Å²) in [7, 11) is 3.65. The van der Waals surface area contributed by atoms with Gasteiger partial charge in [-0.05, 0) is 38.1 Å². The second kappa shape index (κ2) is 7.25. The van der Waals surface area contributed by atoms with Crippen molar-refractivity contribution in [1.82, 2.24) is 5.32 Å². The molecular weight excluding hydrogens is 202 g/mol. The summed E-state index contributed by atoms with van der Waals surface area (Å²) in [5.41, 5.74) is 1.32. The lowest BCUT2D eigenvalue weighted by molar-refractivity contribution is 0.146. The summed E-state index contributed by atoms with van der Waals surface area (Å²) in [5, 5.41) is 3.22. The van der Waals surface area contributed by atoms with Gasteiger partial charge in [-0.25, -0.2) is 0 Å². The zero-order valence-corrected chi connectivity index (χ0v) is 10.3. The van der Waals surface area contributed by atoms with Gasteiger partial charge in [-0.15, -0.1) is 0 Å². The van der Waals surface area contributed by atoms with Gasteiger partial charge in [0.25, 0.3) is 0 Å². The quantitative estimate of drug-likeness (QED) is 0.716. The van der Waals surface area contributed by atoms with Crippen LogP contribution < -0.4 is 10.1 Å². The zero-order valence-electron chi connectivity index (χ0n) is 10.3. The molecular formula is C13H21NO2. The Labute approximate surface area is 97.8 Å². The largest absolute Gasteiger partial charge is 0.491 e. The van der Waals surface area contributed by atoms with Crippen molar-refractivity contribution in [3.63, 3.8) is 0 Å². The van der Waals surface area contributed by atoms with E-state index in [2.05, 4.69) is 24.4 Å². The first-order valence-electron chi connectivity index (χ1n) is 5.64. The highest BCUT2D eigenvalue weighted by Crippen LogP contribution is 2.13. The van der Waals surface area contributed by atoms with Crippen molar-refractivity contribution < 1.29 is 9.47 Å². The van der Waals surface area contributed by atoms with E-state index in [9.17, 15) is 0 Å². The average molecular weight is 223 g/mol. The van der Waals surface area contributed by atoms with E-state index in [1.165, 1.54) is 5.56 Å². The molecule has 0 aliphatic heterocycles. The lowest BCUT2D eigenvalue weighted by atomic mass is 10.1. The molecule has 0 saturated heterocycles. The third-order valence-electron chi connectivity index (χ3n) is 2.51. The molecule has 0 amide bonds. The summed E-state index contributed by atoms with van der Waals surface area (Å²) in [5.74, 6) is 0.901. The molecule has 3 heteroatoms. The lowest BCUT2D eigenvalue weighted by Gasteiger charge is -2.10. The van der Waals surface area contributed by atoms with E-state index in [0.717, 1.165) is 12.2 Å². The summed E-state index contributed by atoms with van der Waals surface area (Å²) in [4.78, 5) is 0. The van der Waals surface area contributed by atoms with E-state index >= 15 is 0 Å². The number of methoxy groups -OCH3 is 1. The van der Waals surface area contributed by atoms with Crippen LogP contribution in [0.1, 0.15) is 12.5 Å². The van der Waals surface area contributed by atoms with Crippen molar-refractivity contribution >= 4 is 0 Å². The first-order valence-corrected chi connectivity index (χ1v) is 5.64. The Morgan fingerprint density at radius 3 is 2.44 bits per heavy atom. The van der Waals surface area contributed by atoms with Crippen LogP contribution in [0.15, 0.2) is 24.3 Å². The second-order valence-electron chi connectivity index (χ2n) is 3.88. The lowest BCUT2D eigenvalue weighted by Crippen LogP contribution is -2.23. The van der Waals surface area contributed by atoms with Crippen molar-refractivity contribution in [3.8, 4) is 5.75 Å². The van der Waals surface area contributed by atoms with E-state index in [0.29, 0.717) is 19.3 Å². The fraction of sp³-hybridized carbons (Fsp3) is 0.538. The number of likely N-dealkylation sites (N-methyl/N-ethyl adjacent to an activating group) is 1. The minimum atomic E-state index is 0.500. The molecule has 90 valence electrons. The van der Waals surface area contributed by atoms with Crippen molar-refractivity contribution in [2.24, 2.45) is 0 Å². The van der Waals surface area contributed by atoms with Crippen LogP contribution in [0, 0.1) is 0 Å². The molecule has 0 heterocycles. The normalized spacial score (nSPS) is 12.4. The third-order valence-corrected chi connectivity index (χ3v) is 2.51. The Hall–Kier alpha value is -1.06. The molecule has 1 N–H and O–H groups in total. The molecule has 0 saturated carbocycles. The minimum absolute atomic E-state index is 0.500. The highest BCUT2D eigenvalue weighted by atomic mass is 16.5. The predicted molar refractivity (Wildman–Crippen MR) is 66.0 cm³/mol. The average Bonchev–Trinajstić information content (AvgIpc) is 2.31. The van der Waals surface area contributed by atoms with Gasteiger partial charge in [0.05, 0.1) is 6.61 Å². The van der Waals surface area contributed by atoms with Gasteiger partial charge >= 0.3 is 0 Å². The standard InChI is InChI=1S/C13H21NO2/c1-11(14-2)10-12-4-6-13(7-5-12)16-9-8-15-3/h4-7,11,14H,8-10H2,1-3H3. The zero-order chi connectivity index (χ0) is 11.8. The highest BCUT2D eigenvalue weighted by Gasteiger charge is 2.00. The second-order valence-corrected chi connectivity index (χ2v) is 3.88. The van der Waals surface area contributed by atoms with E-state index < -0.39 is 0 Å². The summed E-state index contributed by atoms with van der Waals surface area (Å²) < 4.78 is 10.4. The number of nitrogens with one attached hydrogen (secondary N) is 1. The SMILES string of the molecule is CNC(C)Cc1ccc(OCCOC)cc1.